The molecule has 0 heterocycles. The van der Waals surface area contributed by atoms with Crippen molar-refractivity contribution in [3.8, 4) is 17.2 Å². The van der Waals surface area contributed by atoms with Gasteiger partial charge < -0.3 is 25.2 Å². The zero-order chi connectivity index (χ0) is 29.8. The van der Waals surface area contributed by atoms with Gasteiger partial charge in [0.15, 0.2) is 0 Å². The van der Waals surface area contributed by atoms with Crippen LogP contribution >= 0.6 is 0 Å². The number of phenolic OH excluding ortho intramolecular Hbond substituents is 1. The van der Waals surface area contributed by atoms with Crippen molar-refractivity contribution in [3.63, 3.8) is 0 Å². The second-order valence-corrected chi connectivity index (χ2v) is 8.32. The van der Waals surface area contributed by atoms with E-state index in [2.05, 4.69) is 14.8 Å². The Balaban J connectivity index is 2.24. The van der Waals surface area contributed by atoms with Gasteiger partial charge in [-0.05, 0) is 53.1 Å². The van der Waals surface area contributed by atoms with Crippen LogP contribution in [0.15, 0.2) is 72.8 Å². The molecule has 0 aliphatic carbocycles. The van der Waals surface area contributed by atoms with E-state index >= 15 is 0 Å². The highest BCUT2D eigenvalue weighted by atomic mass is 19.4. The summed E-state index contributed by atoms with van der Waals surface area (Å²) in [6, 6.07) is 11.7. The summed E-state index contributed by atoms with van der Waals surface area (Å²) < 4.78 is 124. The Morgan fingerprint density at radius 3 is 1.62 bits per heavy atom. The lowest BCUT2D eigenvalue weighted by Gasteiger charge is -2.37. The maximum absolute atomic E-state index is 13.0. The summed E-state index contributed by atoms with van der Waals surface area (Å²) in [5.41, 5.74) is -2.22. The van der Waals surface area contributed by atoms with Crippen molar-refractivity contribution < 1.29 is 58.9 Å². The number of hydrogen-bond acceptors (Lipinski definition) is 4. The highest BCUT2D eigenvalue weighted by Crippen LogP contribution is 2.38. The number of hydrogen-bond donors (Lipinski definition) is 3. The van der Waals surface area contributed by atoms with Crippen LogP contribution in [0, 0.1) is 0 Å². The topological polar surface area (TPSA) is 79.8 Å². The molecule has 0 aromatic heterocycles. The van der Waals surface area contributed by atoms with Crippen LogP contribution in [-0.2, 0) is 12.0 Å². The Labute approximate surface area is 220 Å². The van der Waals surface area contributed by atoms with Gasteiger partial charge in [-0.2, -0.15) is 13.2 Å². The van der Waals surface area contributed by atoms with Crippen molar-refractivity contribution >= 4 is 6.03 Å². The van der Waals surface area contributed by atoms with E-state index in [0.717, 1.165) is 36.4 Å². The van der Waals surface area contributed by atoms with Crippen LogP contribution in [0.5, 0.6) is 17.2 Å². The zero-order valence-corrected chi connectivity index (χ0v) is 19.9. The van der Waals surface area contributed by atoms with Gasteiger partial charge >= 0.3 is 24.9 Å². The van der Waals surface area contributed by atoms with Crippen molar-refractivity contribution in [1.29, 1.82) is 0 Å². The van der Waals surface area contributed by atoms with Gasteiger partial charge in [-0.3, -0.25) is 0 Å². The van der Waals surface area contributed by atoms with Gasteiger partial charge in [0, 0.05) is 6.42 Å². The summed E-state index contributed by atoms with van der Waals surface area (Å²) in [5, 5.41) is 13.5. The van der Waals surface area contributed by atoms with E-state index in [0.29, 0.717) is 0 Å². The number of rotatable bonds is 8. The Morgan fingerprint density at radius 1 is 0.725 bits per heavy atom. The molecular formula is C25H19F9N2O4. The minimum absolute atomic E-state index is 0.189. The van der Waals surface area contributed by atoms with Gasteiger partial charge in [-0.1, -0.05) is 36.4 Å². The molecule has 0 unspecified atom stereocenters. The van der Waals surface area contributed by atoms with E-state index in [1.54, 1.807) is 5.32 Å². The van der Waals surface area contributed by atoms with Gasteiger partial charge in [0.25, 0.3) is 0 Å². The molecule has 0 saturated heterocycles. The number of nitrogens with one attached hydrogen (secondary N) is 2. The summed E-state index contributed by atoms with van der Waals surface area (Å²) in [5.74, 6) is -1.74. The molecular weight excluding hydrogens is 563 g/mol. The van der Waals surface area contributed by atoms with Crippen LogP contribution in [0.3, 0.4) is 0 Å². The Hall–Kier alpha value is -4.30. The fourth-order valence-electron chi connectivity index (χ4n) is 3.82. The maximum Gasteiger partial charge on any atom is 0.573 e. The number of halogens is 9. The van der Waals surface area contributed by atoms with Crippen LogP contribution in [0.1, 0.15) is 16.7 Å². The molecule has 40 heavy (non-hydrogen) atoms. The molecule has 0 aliphatic rings. The Bertz CT molecular complexity index is 1250. The molecule has 216 valence electrons. The van der Waals surface area contributed by atoms with Gasteiger partial charge in [-0.15, -0.1) is 26.3 Å². The first kappa shape index (κ1) is 30.2. The standard InChI is InChI=1S/C25H19F9N2O4/c26-23(27,28)14-35-21(38)36-22(13-15-7-9-18(37)10-8-15,16-3-1-5-19(11-16)39-24(29,30)31)17-4-2-6-20(12-17)40-25(32,33)34/h1-12,37H,13-14H2,(H2,35,36,38). The number of alkyl halides is 9. The fraction of sp³-hybridized carbons (Fsp3) is 0.240. The molecule has 3 aromatic rings. The molecule has 3 N–H and O–H groups in total. The third-order valence-corrected chi connectivity index (χ3v) is 5.30. The van der Waals surface area contributed by atoms with Gasteiger partial charge in [-0.25, -0.2) is 4.79 Å². The highest BCUT2D eigenvalue weighted by Gasteiger charge is 2.40. The Kier molecular flexibility index (Phi) is 8.65. The SMILES string of the molecule is O=C(NCC(F)(F)F)NC(Cc1ccc(O)cc1)(c1cccc(OC(F)(F)F)c1)c1cccc(OC(F)(F)F)c1. The monoisotopic (exact) mass is 582 g/mol. The minimum atomic E-state index is -5.14. The van der Waals surface area contributed by atoms with E-state index in [1.165, 1.54) is 36.4 Å². The quantitative estimate of drug-likeness (QED) is 0.264. The summed E-state index contributed by atoms with van der Waals surface area (Å²) in [6.45, 7) is -1.79. The second-order valence-electron chi connectivity index (χ2n) is 8.32. The average Bonchev–Trinajstić information content (AvgIpc) is 2.81. The van der Waals surface area contributed by atoms with Crippen LogP contribution in [0.4, 0.5) is 44.3 Å². The molecule has 3 aromatic carbocycles. The number of amides is 2. The average molecular weight is 582 g/mol. The predicted octanol–water partition coefficient (Wildman–Crippen LogP) is 6.54. The Morgan fingerprint density at radius 2 is 1.20 bits per heavy atom. The molecule has 0 bridgehead atoms. The summed E-state index contributed by atoms with van der Waals surface area (Å²) in [4.78, 5) is 12.7. The van der Waals surface area contributed by atoms with E-state index in [4.69, 9.17) is 0 Å². The number of phenols is 1. The minimum Gasteiger partial charge on any atom is -0.508 e. The van der Waals surface area contributed by atoms with Crippen molar-refractivity contribution in [2.45, 2.75) is 30.9 Å². The molecule has 0 aliphatic heterocycles. The smallest absolute Gasteiger partial charge is 0.508 e. The highest BCUT2D eigenvalue weighted by molar-refractivity contribution is 5.76. The summed E-state index contributed by atoms with van der Waals surface area (Å²) in [6.07, 6.45) is -15.5. The second kappa shape index (κ2) is 11.4. The summed E-state index contributed by atoms with van der Waals surface area (Å²) >= 11 is 0. The first-order valence-electron chi connectivity index (χ1n) is 11.1. The number of carbonyl (C=O) groups excluding carboxylic acids is 1. The molecule has 0 fully saturated rings. The lowest BCUT2D eigenvalue weighted by atomic mass is 9.77. The van der Waals surface area contributed by atoms with E-state index in [1.807, 2.05) is 0 Å². The molecule has 0 radical (unpaired) electrons. The van der Waals surface area contributed by atoms with Crippen LogP contribution < -0.4 is 20.1 Å². The van der Waals surface area contributed by atoms with Crippen molar-refractivity contribution in [1.82, 2.24) is 10.6 Å². The lowest BCUT2D eigenvalue weighted by molar-refractivity contribution is -0.275. The fourth-order valence-corrected chi connectivity index (χ4v) is 3.82. The third-order valence-electron chi connectivity index (χ3n) is 5.30. The van der Waals surface area contributed by atoms with Crippen molar-refractivity contribution in [2.24, 2.45) is 0 Å². The van der Waals surface area contributed by atoms with Gasteiger partial charge in [0.05, 0.1) is 5.54 Å². The first-order valence-corrected chi connectivity index (χ1v) is 11.1. The summed E-state index contributed by atoms with van der Waals surface area (Å²) in [7, 11) is 0. The molecule has 6 nitrogen and oxygen atoms in total. The molecule has 2 amide bonds. The van der Waals surface area contributed by atoms with Crippen LogP contribution in [0.25, 0.3) is 0 Å². The van der Waals surface area contributed by atoms with Crippen LogP contribution in [-0.4, -0.2) is 36.6 Å². The van der Waals surface area contributed by atoms with Crippen molar-refractivity contribution in [3.05, 3.63) is 89.5 Å². The van der Waals surface area contributed by atoms with Gasteiger partial charge in [0.1, 0.15) is 23.8 Å². The van der Waals surface area contributed by atoms with E-state index < -0.39 is 54.9 Å². The van der Waals surface area contributed by atoms with E-state index in [-0.39, 0.29) is 22.4 Å². The first-order chi connectivity index (χ1) is 18.4. The van der Waals surface area contributed by atoms with Crippen LogP contribution in [0.2, 0.25) is 0 Å². The number of carbonyl (C=O) groups is 1. The lowest BCUT2D eigenvalue weighted by Crippen LogP contribution is -2.53. The molecule has 0 atom stereocenters. The molecule has 3 rings (SSSR count). The molecule has 15 heteroatoms. The third kappa shape index (κ3) is 8.88. The van der Waals surface area contributed by atoms with Crippen molar-refractivity contribution in [2.75, 3.05) is 6.54 Å². The van der Waals surface area contributed by atoms with Gasteiger partial charge in [0.2, 0.25) is 0 Å². The number of aromatic hydroxyl groups is 1. The molecule has 0 spiro atoms. The largest absolute Gasteiger partial charge is 0.573 e. The number of benzene rings is 3. The predicted molar refractivity (Wildman–Crippen MR) is 121 cm³/mol. The number of ether oxygens (including phenoxy) is 2. The zero-order valence-electron chi connectivity index (χ0n) is 19.9. The molecule has 0 saturated carbocycles. The van der Waals surface area contributed by atoms with E-state index in [9.17, 15) is 49.4 Å². The number of urea groups is 1. The normalized spacial score (nSPS) is 12.5. The maximum atomic E-state index is 13.0.